The SMILES string of the molecule is CC(C)CNS(=O)(=O)c1cc(C(=O)O)ccc1NC1CC1. The lowest BCUT2D eigenvalue weighted by Gasteiger charge is -2.14. The van der Waals surface area contributed by atoms with Crippen LogP contribution in [0.5, 0.6) is 0 Å². The van der Waals surface area contributed by atoms with Crippen LogP contribution < -0.4 is 10.0 Å². The Kier molecular flexibility index (Phi) is 4.53. The summed E-state index contributed by atoms with van der Waals surface area (Å²) in [6.07, 6.45) is 2.00. The summed E-state index contributed by atoms with van der Waals surface area (Å²) in [7, 11) is -3.74. The van der Waals surface area contributed by atoms with Crippen molar-refractivity contribution in [2.24, 2.45) is 5.92 Å². The zero-order valence-electron chi connectivity index (χ0n) is 12.1. The van der Waals surface area contributed by atoms with Crippen molar-refractivity contribution in [1.82, 2.24) is 4.72 Å². The van der Waals surface area contributed by atoms with E-state index in [2.05, 4.69) is 10.0 Å². The normalized spacial score (nSPS) is 15.2. The molecular formula is C14H20N2O4S. The molecule has 0 amide bonds. The van der Waals surface area contributed by atoms with Gasteiger partial charge in [0.25, 0.3) is 0 Å². The Morgan fingerprint density at radius 1 is 1.38 bits per heavy atom. The molecule has 1 fully saturated rings. The molecule has 0 radical (unpaired) electrons. The molecule has 0 aromatic heterocycles. The predicted molar refractivity (Wildman–Crippen MR) is 80.1 cm³/mol. The first-order valence-electron chi connectivity index (χ1n) is 6.93. The van der Waals surface area contributed by atoms with Crippen LogP contribution in [-0.2, 0) is 10.0 Å². The molecule has 1 aliphatic rings. The van der Waals surface area contributed by atoms with E-state index in [0.717, 1.165) is 12.8 Å². The van der Waals surface area contributed by atoms with E-state index in [-0.39, 0.29) is 22.4 Å². The highest BCUT2D eigenvalue weighted by Crippen LogP contribution is 2.29. The van der Waals surface area contributed by atoms with E-state index >= 15 is 0 Å². The number of hydrogen-bond acceptors (Lipinski definition) is 4. The van der Waals surface area contributed by atoms with E-state index in [4.69, 9.17) is 5.11 Å². The number of benzene rings is 1. The van der Waals surface area contributed by atoms with Gasteiger partial charge in [0.15, 0.2) is 0 Å². The van der Waals surface area contributed by atoms with Gasteiger partial charge in [0.1, 0.15) is 4.90 Å². The van der Waals surface area contributed by atoms with Crippen molar-refractivity contribution in [3.63, 3.8) is 0 Å². The van der Waals surface area contributed by atoms with Crippen molar-refractivity contribution in [3.05, 3.63) is 23.8 Å². The fraction of sp³-hybridized carbons (Fsp3) is 0.500. The molecule has 21 heavy (non-hydrogen) atoms. The van der Waals surface area contributed by atoms with Crippen molar-refractivity contribution >= 4 is 21.7 Å². The minimum absolute atomic E-state index is 0.00468. The first-order chi connectivity index (χ1) is 9.79. The molecule has 1 aromatic carbocycles. The van der Waals surface area contributed by atoms with E-state index in [1.807, 2.05) is 13.8 Å². The van der Waals surface area contributed by atoms with E-state index in [0.29, 0.717) is 12.2 Å². The van der Waals surface area contributed by atoms with E-state index < -0.39 is 16.0 Å². The average molecular weight is 312 g/mol. The van der Waals surface area contributed by atoms with Crippen LogP contribution in [0.3, 0.4) is 0 Å². The van der Waals surface area contributed by atoms with Gasteiger partial charge in [0.05, 0.1) is 11.3 Å². The Hall–Kier alpha value is -1.60. The fourth-order valence-corrected chi connectivity index (χ4v) is 3.21. The van der Waals surface area contributed by atoms with Crippen LogP contribution >= 0.6 is 0 Å². The lowest BCUT2D eigenvalue weighted by atomic mass is 10.2. The smallest absolute Gasteiger partial charge is 0.335 e. The van der Waals surface area contributed by atoms with E-state index in [1.54, 1.807) is 0 Å². The number of carbonyl (C=O) groups is 1. The largest absolute Gasteiger partial charge is 0.478 e. The Balaban J connectivity index is 2.36. The van der Waals surface area contributed by atoms with Gasteiger partial charge in [-0.25, -0.2) is 17.9 Å². The third-order valence-corrected chi connectivity index (χ3v) is 4.60. The molecule has 0 saturated heterocycles. The molecule has 0 unspecified atom stereocenters. The zero-order chi connectivity index (χ0) is 15.6. The molecule has 0 spiro atoms. The molecule has 0 atom stereocenters. The number of sulfonamides is 1. The molecule has 116 valence electrons. The quantitative estimate of drug-likeness (QED) is 0.714. The Bertz CT molecular complexity index is 636. The van der Waals surface area contributed by atoms with Crippen LogP contribution in [0.15, 0.2) is 23.1 Å². The molecule has 0 heterocycles. The molecule has 2 rings (SSSR count). The van der Waals surface area contributed by atoms with Gasteiger partial charge in [0.2, 0.25) is 10.0 Å². The molecule has 6 nitrogen and oxygen atoms in total. The summed E-state index contributed by atoms with van der Waals surface area (Å²) in [6, 6.07) is 4.41. The number of aromatic carboxylic acids is 1. The summed E-state index contributed by atoms with van der Waals surface area (Å²) in [5.41, 5.74) is 0.417. The van der Waals surface area contributed by atoms with Crippen molar-refractivity contribution in [3.8, 4) is 0 Å². The van der Waals surface area contributed by atoms with E-state index in [9.17, 15) is 13.2 Å². The highest BCUT2D eigenvalue weighted by molar-refractivity contribution is 7.89. The Labute approximate surface area is 124 Å². The summed E-state index contributed by atoms with van der Waals surface area (Å²) in [4.78, 5) is 11.1. The number of anilines is 1. The monoisotopic (exact) mass is 312 g/mol. The standard InChI is InChI=1S/C14H20N2O4S/c1-9(2)8-15-21(19,20)13-7-10(14(17)18)3-6-12(13)16-11-4-5-11/h3,6-7,9,11,15-16H,4-5,8H2,1-2H3,(H,17,18). The molecule has 1 aromatic rings. The molecule has 1 aliphatic carbocycles. The maximum absolute atomic E-state index is 12.4. The molecular weight excluding hydrogens is 292 g/mol. The van der Waals surface area contributed by atoms with Gasteiger partial charge < -0.3 is 10.4 Å². The van der Waals surface area contributed by atoms with Crippen LogP contribution in [0.25, 0.3) is 0 Å². The third-order valence-electron chi connectivity index (χ3n) is 3.14. The minimum Gasteiger partial charge on any atom is -0.478 e. The summed E-state index contributed by atoms with van der Waals surface area (Å²) >= 11 is 0. The Morgan fingerprint density at radius 2 is 2.05 bits per heavy atom. The van der Waals surface area contributed by atoms with Crippen LogP contribution in [0.4, 0.5) is 5.69 Å². The number of hydrogen-bond donors (Lipinski definition) is 3. The van der Waals surface area contributed by atoms with Crippen molar-refractivity contribution in [2.75, 3.05) is 11.9 Å². The topological polar surface area (TPSA) is 95.5 Å². The minimum atomic E-state index is -3.74. The molecule has 3 N–H and O–H groups in total. The molecule has 7 heteroatoms. The predicted octanol–water partition coefficient (Wildman–Crippen LogP) is 1.89. The molecule has 0 bridgehead atoms. The highest BCUT2D eigenvalue weighted by Gasteiger charge is 2.26. The van der Waals surface area contributed by atoms with Gasteiger partial charge in [0, 0.05) is 12.6 Å². The summed E-state index contributed by atoms with van der Waals surface area (Å²) in [5, 5.41) is 12.2. The van der Waals surface area contributed by atoms with Crippen molar-refractivity contribution in [2.45, 2.75) is 37.6 Å². The average Bonchev–Trinajstić information content (AvgIpc) is 3.20. The summed E-state index contributed by atoms with van der Waals surface area (Å²) in [5.74, 6) is -0.976. The van der Waals surface area contributed by atoms with Gasteiger partial charge in [-0.2, -0.15) is 0 Å². The first-order valence-corrected chi connectivity index (χ1v) is 8.41. The summed E-state index contributed by atoms with van der Waals surface area (Å²) in [6.45, 7) is 4.11. The van der Waals surface area contributed by atoms with Gasteiger partial charge in [-0.3, -0.25) is 0 Å². The van der Waals surface area contributed by atoms with E-state index in [1.165, 1.54) is 18.2 Å². The van der Waals surface area contributed by atoms with Gasteiger partial charge >= 0.3 is 5.97 Å². The lowest BCUT2D eigenvalue weighted by molar-refractivity contribution is 0.0696. The van der Waals surface area contributed by atoms with Gasteiger partial charge in [-0.1, -0.05) is 13.8 Å². The second-order valence-corrected chi connectivity index (χ2v) is 7.42. The first kappa shape index (κ1) is 15.8. The molecule has 1 saturated carbocycles. The number of carboxylic acid groups (broad SMARTS) is 1. The van der Waals surface area contributed by atoms with Gasteiger partial charge in [-0.15, -0.1) is 0 Å². The van der Waals surface area contributed by atoms with Gasteiger partial charge in [-0.05, 0) is 37.0 Å². The second-order valence-electron chi connectivity index (χ2n) is 5.68. The maximum Gasteiger partial charge on any atom is 0.335 e. The van der Waals surface area contributed by atoms with Crippen molar-refractivity contribution < 1.29 is 18.3 Å². The number of nitrogens with one attached hydrogen (secondary N) is 2. The zero-order valence-corrected chi connectivity index (χ0v) is 12.9. The number of rotatable bonds is 7. The van der Waals surface area contributed by atoms with Crippen LogP contribution in [0, 0.1) is 5.92 Å². The highest BCUT2D eigenvalue weighted by atomic mass is 32.2. The fourth-order valence-electron chi connectivity index (χ4n) is 1.80. The van der Waals surface area contributed by atoms with Crippen LogP contribution in [0.2, 0.25) is 0 Å². The Morgan fingerprint density at radius 3 is 2.57 bits per heavy atom. The second kappa shape index (κ2) is 6.03. The van der Waals surface area contributed by atoms with Crippen LogP contribution in [-0.4, -0.2) is 32.1 Å². The van der Waals surface area contributed by atoms with Crippen molar-refractivity contribution in [1.29, 1.82) is 0 Å². The number of carboxylic acids is 1. The summed E-state index contributed by atoms with van der Waals surface area (Å²) < 4.78 is 27.3. The third kappa shape index (κ3) is 4.18. The van der Waals surface area contributed by atoms with Crippen LogP contribution in [0.1, 0.15) is 37.0 Å². The lowest BCUT2D eigenvalue weighted by Crippen LogP contribution is -2.28. The molecule has 0 aliphatic heterocycles. The maximum atomic E-state index is 12.4.